The highest BCUT2D eigenvalue weighted by Crippen LogP contribution is 2.21. The van der Waals surface area contributed by atoms with Crippen LogP contribution in [-0.2, 0) is 6.54 Å². The second kappa shape index (κ2) is 4.30. The zero-order valence-corrected chi connectivity index (χ0v) is 9.48. The van der Waals surface area contributed by atoms with Crippen molar-refractivity contribution in [2.45, 2.75) is 25.8 Å². The summed E-state index contributed by atoms with van der Waals surface area (Å²) in [6.07, 6.45) is 4.05. The minimum absolute atomic E-state index is 0.967. The average Bonchev–Trinajstić information content (AvgIpc) is 2.72. The van der Waals surface area contributed by atoms with Gasteiger partial charge >= 0.3 is 0 Å². The van der Waals surface area contributed by atoms with E-state index in [-0.39, 0.29) is 0 Å². The molecule has 16 heavy (non-hydrogen) atoms. The molecule has 2 aromatic rings. The van der Waals surface area contributed by atoms with Crippen molar-refractivity contribution >= 4 is 11.0 Å². The van der Waals surface area contributed by atoms with Gasteiger partial charge in [0.2, 0.25) is 0 Å². The van der Waals surface area contributed by atoms with Crippen LogP contribution in [0.2, 0.25) is 0 Å². The molecule has 2 heteroatoms. The van der Waals surface area contributed by atoms with E-state index in [1.807, 2.05) is 12.1 Å². The summed E-state index contributed by atoms with van der Waals surface area (Å²) in [7, 11) is 0. The first-order chi connectivity index (χ1) is 7.92. The second-order valence-electron chi connectivity index (χ2n) is 4.59. The average molecular weight is 215 g/mol. The first-order valence-electron chi connectivity index (χ1n) is 6.12. The number of furan rings is 1. The van der Waals surface area contributed by atoms with Gasteiger partial charge < -0.3 is 4.42 Å². The summed E-state index contributed by atoms with van der Waals surface area (Å²) < 4.78 is 5.83. The quantitative estimate of drug-likeness (QED) is 0.763. The number of para-hydroxylation sites is 1. The van der Waals surface area contributed by atoms with Crippen molar-refractivity contribution in [3.05, 3.63) is 36.1 Å². The molecule has 84 valence electrons. The van der Waals surface area contributed by atoms with Crippen LogP contribution in [0, 0.1) is 0 Å². The van der Waals surface area contributed by atoms with E-state index >= 15 is 0 Å². The zero-order valence-electron chi connectivity index (χ0n) is 9.48. The predicted molar refractivity (Wildman–Crippen MR) is 65.3 cm³/mol. The molecule has 0 amide bonds. The largest absolute Gasteiger partial charge is 0.460 e. The third kappa shape index (κ3) is 1.98. The second-order valence-corrected chi connectivity index (χ2v) is 4.59. The smallest absolute Gasteiger partial charge is 0.134 e. The number of hydrogen-bond donors (Lipinski definition) is 0. The molecule has 0 radical (unpaired) electrons. The molecule has 0 saturated carbocycles. The van der Waals surface area contributed by atoms with Gasteiger partial charge in [-0.25, -0.2) is 0 Å². The summed E-state index contributed by atoms with van der Waals surface area (Å²) in [5.41, 5.74) is 1.01. The number of piperidine rings is 1. The Labute approximate surface area is 95.9 Å². The van der Waals surface area contributed by atoms with Crippen LogP contribution in [0.3, 0.4) is 0 Å². The summed E-state index contributed by atoms with van der Waals surface area (Å²) in [6, 6.07) is 10.4. The first-order valence-corrected chi connectivity index (χ1v) is 6.12. The molecule has 1 aliphatic rings. The molecule has 0 unspecified atom stereocenters. The Morgan fingerprint density at radius 1 is 1.06 bits per heavy atom. The highest BCUT2D eigenvalue weighted by atomic mass is 16.3. The molecule has 1 saturated heterocycles. The molecule has 0 aliphatic carbocycles. The highest BCUT2D eigenvalue weighted by molar-refractivity contribution is 5.77. The lowest BCUT2D eigenvalue weighted by Gasteiger charge is -2.25. The highest BCUT2D eigenvalue weighted by Gasteiger charge is 2.12. The van der Waals surface area contributed by atoms with Crippen molar-refractivity contribution in [1.82, 2.24) is 4.90 Å². The fraction of sp³-hybridized carbons (Fsp3) is 0.429. The van der Waals surface area contributed by atoms with Gasteiger partial charge in [0.25, 0.3) is 0 Å². The fourth-order valence-corrected chi connectivity index (χ4v) is 2.45. The van der Waals surface area contributed by atoms with Crippen molar-refractivity contribution in [3.8, 4) is 0 Å². The van der Waals surface area contributed by atoms with Gasteiger partial charge in [0.15, 0.2) is 0 Å². The van der Waals surface area contributed by atoms with E-state index in [2.05, 4.69) is 23.1 Å². The van der Waals surface area contributed by atoms with Gasteiger partial charge in [-0.3, -0.25) is 4.90 Å². The first kappa shape index (κ1) is 9.91. The standard InChI is InChI=1S/C14H17NO/c1-4-8-15(9-5-1)11-13-10-12-6-2-3-7-14(12)16-13/h2-3,6-7,10H,1,4-5,8-9,11H2. The normalized spacial score (nSPS) is 18.0. The summed E-state index contributed by atoms with van der Waals surface area (Å²) in [5.74, 6) is 1.10. The summed E-state index contributed by atoms with van der Waals surface area (Å²) in [4.78, 5) is 2.49. The minimum atomic E-state index is 0.967. The van der Waals surface area contributed by atoms with Gasteiger partial charge in [-0.05, 0) is 38.1 Å². The van der Waals surface area contributed by atoms with Crippen molar-refractivity contribution in [2.24, 2.45) is 0 Å². The minimum Gasteiger partial charge on any atom is -0.460 e. The van der Waals surface area contributed by atoms with E-state index in [4.69, 9.17) is 4.42 Å². The Kier molecular flexibility index (Phi) is 2.66. The van der Waals surface area contributed by atoms with E-state index < -0.39 is 0 Å². The van der Waals surface area contributed by atoms with Crippen LogP contribution in [0.15, 0.2) is 34.7 Å². The fourth-order valence-electron chi connectivity index (χ4n) is 2.45. The SMILES string of the molecule is c1ccc2oc(CN3CCCCC3)cc2c1. The van der Waals surface area contributed by atoms with E-state index in [1.54, 1.807) is 0 Å². The monoisotopic (exact) mass is 215 g/mol. The van der Waals surface area contributed by atoms with Crippen molar-refractivity contribution < 1.29 is 4.42 Å². The Morgan fingerprint density at radius 2 is 1.88 bits per heavy atom. The zero-order chi connectivity index (χ0) is 10.8. The Hall–Kier alpha value is -1.28. The molecule has 0 atom stereocenters. The van der Waals surface area contributed by atoms with Crippen LogP contribution in [0.25, 0.3) is 11.0 Å². The lowest BCUT2D eigenvalue weighted by atomic mass is 10.1. The molecular weight excluding hydrogens is 198 g/mol. The van der Waals surface area contributed by atoms with E-state index in [0.29, 0.717) is 0 Å². The lowest BCUT2D eigenvalue weighted by Crippen LogP contribution is -2.28. The maximum Gasteiger partial charge on any atom is 0.134 e. The van der Waals surface area contributed by atoms with E-state index in [1.165, 1.54) is 37.7 Å². The summed E-state index contributed by atoms with van der Waals surface area (Å²) >= 11 is 0. The topological polar surface area (TPSA) is 16.4 Å². The van der Waals surface area contributed by atoms with Crippen LogP contribution in [0.1, 0.15) is 25.0 Å². The number of likely N-dealkylation sites (tertiary alicyclic amines) is 1. The lowest BCUT2D eigenvalue weighted by molar-refractivity contribution is 0.207. The van der Waals surface area contributed by atoms with Crippen molar-refractivity contribution in [1.29, 1.82) is 0 Å². The molecule has 1 aromatic heterocycles. The molecule has 0 bridgehead atoms. The molecule has 0 spiro atoms. The Balaban J connectivity index is 1.78. The molecule has 2 heterocycles. The van der Waals surface area contributed by atoms with Crippen molar-refractivity contribution in [2.75, 3.05) is 13.1 Å². The molecule has 1 fully saturated rings. The van der Waals surface area contributed by atoms with Gasteiger partial charge in [-0.15, -0.1) is 0 Å². The third-order valence-corrected chi connectivity index (χ3v) is 3.30. The van der Waals surface area contributed by atoms with Gasteiger partial charge in [0.1, 0.15) is 11.3 Å². The number of hydrogen-bond acceptors (Lipinski definition) is 2. The summed E-state index contributed by atoms with van der Waals surface area (Å²) in [5, 5.41) is 1.22. The number of fused-ring (bicyclic) bond motifs is 1. The van der Waals surface area contributed by atoms with Crippen LogP contribution < -0.4 is 0 Å². The predicted octanol–water partition coefficient (Wildman–Crippen LogP) is 3.42. The van der Waals surface area contributed by atoms with Crippen LogP contribution >= 0.6 is 0 Å². The molecule has 3 rings (SSSR count). The van der Waals surface area contributed by atoms with Crippen LogP contribution in [0.5, 0.6) is 0 Å². The van der Waals surface area contributed by atoms with Crippen LogP contribution in [0.4, 0.5) is 0 Å². The van der Waals surface area contributed by atoms with Gasteiger partial charge in [0.05, 0.1) is 6.54 Å². The Bertz CT molecular complexity index is 435. The molecule has 2 nitrogen and oxygen atoms in total. The van der Waals surface area contributed by atoms with Crippen LogP contribution in [-0.4, -0.2) is 18.0 Å². The van der Waals surface area contributed by atoms with Gasteiger partial charge in [-0.2, -0.15) is 0 Å². The third-order valence-electron chi connectivity index (χ3n) is 3.30. The van der Waals surface area contributed by atoms with E-state index in [9.17, 15) is 0 Å². The van der Waals surface area contributed by atoms with Gasteiger partial charge in [0, 0.05) is 5.39 Å². The molecule has 1 aliphatic heterocycles. The Morgan fingerprint density at radius 3 is 2.69 bits per heavy atom. The maximum atomic E-state index is 5.83. The molecule has 1 aromatic carbocycles. The number of nitrogens with zero attached hydrogens (tertiary/aromatic N) is 1. The van der Waals surface area contributed by atoms with Gasteiger partial charge in [-0.1, -0.05) is 24.6 Å². The molecular formula is C14H17NO. The van der Waals surface area contributed by atoms with Crippen molar-refractivity contribution in [3.63, 3.8) is 0 Å². The summed E-state index contributed by atoms with van der Waals surface area (Å²) in [6.45, 7) is 3.41. The number of benzene rings is 1. The molecule has 0 N–H and O–H groups in total. The van der Waals surface area contributed by atoms with E-state index in [0.717, 1.165) is 17.9 Å². The maximum absolute atomic E-state index is 5.83. The number of rotatable bonds is 2.